The lowest BCUT2D eigenvalue weighted by molar-refractivity contribution is -0.139. The maximum absolute atomic E-state index is 13.0. The van der Waals surface area contributed by atoms with Crippen molar-refractivity contribution in [3.8, 4) is 5.75 Å². The standard InChI is InChI=1S/C24H29N3O5S/c1-4-31-23(29)21-15(2)26-24-27(22(21)16-7-5-8-18(11-16)30-3)17(14-33-24)12-20(28)25-13-19-9-6-10-32-19/h5,7-8,11,14,19,22H,4,6,9-10,12-13H2,1-3H3,(H,25,28)/t19-,22+/m1/s1. The number of carbonyl (C=O) groups excluding carboxylic acids is 2. The first-order valence-corrected chi connectivity index (χ1v) is 12.0. The zero-order chi connectivity index (χ0) is 23.4. The van der Waals surface area contributed by atoms with Gasteiger partial charge in [-0.2, -0.15) is 0 Å². The van der Waals surface area contributed by atoms with Crippen LogP contribution in [0.4, 0.5) is 0 Å². The molecule has 1 saturated heterocycles. The average molecular weight is 472 g/mol. The minimum absolute atomic E-state index is 0.0820. The quantitative estimate of drug-likeness (QED) is 0.580. The van der Waals surface area contributed by atoms with Gasteiger partial charge in [0.2, 0.25) is 5.91 Å². The number of allylic oxidation sites excluding steroid dienone is 1. The van der Waals surface area contributed by atoms with Crippen LogP contribution in [0.2, 0.25) is 0 Å². The molecule has 1 aromatic rings. The molecule has 1 fully saturated rings. The lowest BCUT2D eigenvalue weighted by atomic mass is 9.93. The number of benzene rings is 1. The van der Waals surface area contributed by atoms with Crippen molar-refractivity contribution in [2.45, 2.75) is 45.3 Å². The third-order valence-electron chi connectivity index (χ3n) is 5.80. The Bertz CT molecular complexity index is 1010. The molecular weight excluding hydrogens is 442 g/mol. The van der Waals surface area contributed by atoms with Crippen molar-refractivity contribution in [1.82, 2.24) is 10.2 Å². The maximum atomic E-state index is 13.0. The van der Waals surface area contributed by atoms with Crippen molar-refractivity contribution in [2.24, 2.45) is 4.99 Å². The van der Waals surface area contributed by atoms with Crippen LogP contribution >= 0.6 is 11.8 Å². The van der Waals surface area contributed by atoms with Gasteiger partial charge in [-0.1, -0.05) is 23.9 Å². The van der Waals surface area contributed by atoms with Crippen LogP contribution in [-0.4, -0.2) is 54.9 Å². The van der Waals surface area contributed by atoms with Gasteiger partial charge in [0.15, 0.2) is 5.17 Å². The van der Waals surface area contributed by atoms with E-state index in [4.69, 9.17) is 14.2 Å². The average Bonchev–Trinajstić information content (AvgIpc) is 3.47. The molecule has 0 spiro atoms. The summed E-state index contributed by atoms with van der Waals surface area (Å²) in [5.74, 6) is 0.181. The van der Waals surface area contributed by atoms with Gasteiger partial charge in [0.1, 0.15) is 5.75 Å². The number of nitrogens with one attached hydrogen (secondary N) is 1. The summed E-state index contributed by atoms with van der Waals surface area (Å²) in [5.41, 5.74) is 2.71. The van der Waals surface area contributed by atoms with E-state index in [0.29, 0.717) is 23.6 Å². The fourth-order valence-corrected chi connectivity index (χ4v) is 5.19. The van der Waals surface area contributed by atoms with Crippen LogP contribution in [0.15, 0.2) is 51.6 Å². The highest BCUT2D eigenvalue weighted by atomic mass is 32.2. The summed E-state index contributed by atoms with van der Waals surface area (Å²) in [4.78, 5) is 32.4. The molecule has 0 aliphatic carbocycles. The molecule has 0 aromatic heterocycles. The molecule has 8 nitrogen and oxygen atoms in total. The second-order valence-corrected chi connectivity index (χ2v) is 8.84. The molecule has 1 N–H and O–H groups in total. The largest absolute Gasteiger partial charge is 0.497 e. The van der Waals surface area contributed by atoms with Gasteiger partial charge in [-0.05, 0) is 49.8 Å². The zero-order valence-electron chi connectivity index (χ0n) is 19.1. The van der Waals surface area contributed by atoms with E-state index in [2.05, 4.69) is 10.3 Å². The van der Waals surface area contributed by atoms with Gasteiger partial charge in [0, 0.05) is 18.8 Å². The Morgan fingerprint density at radius 3 is 2.94 bits per heavy atom. The van der Waals surface area contributed by atoms with Gasteiger partial charge in [-0.3, -0.25) is 4.79 Å². The monoisotopic (exact) mass is 471 g/mol. The number of hydrogen-bond donors (Lipinski definition) is 1. The van der Waals surface area contributed by atoms with E-state index in [1.165, 1.54) is 11.8 Å². The lowest BCUT2D eigenvalue weighted by Crippen LogP contribution is -2.38. The minimum Gasteiger partial charge on any atom is -0.497 e. The van der Waals surface area contributed by atoms with E-state index in [1.54, 1.807) is 14.0 Å². The van der Waals surface area contributed by atoms with E-state index in [-0.39, 0.29) is 25.0 Å². The number of methoxy groups -OCH3 is 1. The smallest absolute Gasteiger partial charge is 0.338 e. The van der Waals surface area contributed by atoms with Crippen LogP contribution in [0.1, 0.15) is 44.7 Å². The van der Waals surface area contributed by atoms with Crippen LogP contribution in [-0.2, 0) is 19.1 Å². The Morgan fingerprint density at radius 1 is 1.36 bits per heavy atom. The highest BCUT2D eigenvalue weighted by molar-refractivity contribution is 8.16. The number of hydrogen-bond acceptors (Lipinski definition) is 8. The first-order valence-electron chi connectivity index (χ1n) is 11.2. The van der Waals surface area contributed by atoms with Gasteiger partial charge in [0.25, 0.3) is 0 Å². The SMILES string of the molecule is CCOC(=O)C1=C(C)N=C2SC=C(CC(=O)NC[C@H]3CCCO3)N2[C@H]1c1cccc(OC)c1. The lowest BCUT2D eigenvalue weighted by Gasteiger charge is -2.36. The van der Waals surface area contributed by atoms with Crippen molar-refractivity contribution in [2.75, 3.05) is 26.9 Å². The Balaban J connectivity index is 1.62. The van der Waals surface area contributed by atoms with Crippen LogP contribution in [0, 0.1) is 0 Å². The zero-order valence-corrected chi connectivity index (χ0v) is 19.9. The number of amidine groups is 1. The fourth-order valence-electron chi connectivity index (χ4n) is 4.23. The van der Waals surface area contributed by atoms with Gasteiger partial charge in [-0.15, -0.1) is 0 Å². The van der Waals surface area contributed by atoms with Crippen molar-refractivity contribution < 1.29 is 23.8 Å². The number of amides is 1. The summed E-state index contributed by atoms with van der Waals surface area (Å²) in [6.45, 7) is 5.12. The Hall–Kier alpha value is -2.78. The molecule has 9 heteroatoms. The van der Waals surface area contributed by atoms with Gasteiger partial charge in [-0.25, -0.2) is 9.79 Å². The van der Waals surface area contributed by atoms with Crippen molar-refractivity contribution in [3.63, 3.8) is 0 Å². The fraction of sp³-hybridized carbons (Fsp3) is 0.458. The van der Waals surface area contributed by atoms with Crippen molar-refractivity contribution in [1.29, 1.82) is 0 Å². The summed E-state index contributed by atoms with van der Waals surface area (Å²) in [5, 5.41) is 5.64. The molecule has 33 heavy (non-hydrogen) atoms. The minimum atomic E-state index is -0.473. The second-order valence-electron chi connectivity index (χ2n) is 8.01. The molecule has 0 radical (unpaired) electrons. The van der Waals surface area contributed by atoms with E-state index in [0.717, 1.165) is 35.9 Å². The topological polar surface area (TPSA) is 89.5 Å². The van der Waals surface area contributed by atoms with Crippen LogP contribution in [0.25, 0.3) is 0 Å². The molecule has 176 valence electrons. The molecule has 0 saturated carbocycles. The maximum Gasteiger partial charge on any atom is 0.338 e. The van der Waals surface area contributed by atoms with E-state index in [9.17, 15) is 9.59 Å². The number of aliphatic imine (C=N–C) groups is 1. The van der Waals surface area contributed by atoms with E-state index < -0.39 is 12.0 Å². The van der Waals surface area contributed by atoms with Crippen molar-refractivity contribution in [3.05, 3.63) is 52.2 Å². The summed E-state index contributed by atoms with van der Waals surface area (Å²) in [6.07, 6.45) is 2.25. The van der Waals surface area contributed by atoms with Gasteiger partial charge in [0.05, 0.1) is 43.6 Å². The molecule has 1 amide bonds. The molecule has 3 aliphatic rings. The number of rotatable bonds is 8. The third kappa shape index (κ3) is 5.09. The predicted octanol–water partition coefficient (Wildman–Crippen LogP) is 3.52. The predicted molar refractivity (Wildman–Crippen MR) is 127 cm³/mol. The van der Waals surface area contributed by atoms with Gasteiger partial charge >= 0.3 is 5.97 Å². The van der Waals surface area contributed by atoms with Crippen molar-refractivity contribution >= 4 is 28.8 Å². The first-order chi connectivity index (χ1) is 16.0. The van der Waals surface area contributed by atoms with Gasteiger partial charge < -0.3 is 24.4 Å². The molecule has 4 rings (SSSR count). The van der Waals surface area contributed by atoms with Crippen LogP contribution < -0.4 is 10.1 Å². The molecule has 3 aliphatic heterocycles. The highest BCUT2D eigenvalue weighted by Crippen LogP contribution is 2.45. The second kappa shape index (κ2) is 10.4. The number of esters is 1. The number of fused-ring (bicyclic) bond motifs is 1. The number of nitrogens with zero attached hydrogens (tertiary/aromatic N) is 2. The summed E-state index contributed by atoms with van der Waals surface area (Å²) in [6, 6.07) is 7.12. The van der Waals surface area contributed by atoms with Crippen LogP contribution in [0.3, 0.4) is 0 Å². The molecule has 0 bridgehead atoms. The number of thioether (sulfide) groups is 1. The Labute approximate surface area is 198 Å². The summed E-state index contributed by atoms with van der Waals surface area (Å²) in [7, 11) is 1.61. The molecule has 1 aromatic carbocycles. The highest BCUT2D eigenvalue weighted by Gasteiger charge is 2.41. The number of ether oxygens (including phenoxy) is 3. The Morgan fingerprint density at radius 2 is 2.21 bits per heavy atom. The van der Waals surface area contributed by atoms with E-state index >= 15 is 0 Å². The van der Waals surface area contributed by atoms with E-state index in [1.807, 2.05) is 41.5 Å². The molecular formula is C24H29N3O5S. The Kier molecular flexibility index (Phi) is 7.39. The first kappa shape index (κ1) is 23.4. The van der Waals surface area contributed by atoms with Crippen LogP contribution in [0.5, 0.6) is 5.75 Å². The molecule has 2 atom stereocenters. The third-order valence-corrected chi connectivity index (χ3v) is 6.69. The summed E-state index contributed by atoms with van der Waals surface area (Å²) >= 11 is 1.45. The summed E-state index contributed by atoms with van der Waals surface area (Å²) < 4.78 is 16.4. The molecule has 3 heterocycles. The number of carbonyl (C=O) groups is 2. The molecule has 0 unspecified atom stereocenters. The normalized spacial score (nSPS) is 22.0.